The molecule has 0 bridgehead atoms. The zero-order valence-corrected chi connectivity index (χ0v) is 12.8. The highest BCUT2D eigenvalue weighted by Crippen LogP contribution is 2.18. The largest absolute Gasteiger partial charge is 0.465 e. The van der Waals surface area contributed by atoms with E-state index in [1.165, 1.54) is 7.11 Å². The van der Waals surface area contributed by atoms with Gasteiger partial charge in [0, 0.05) is 12.1 Å². The molecule has 0 spiro atoms. The molecule has 0 aliphatic carbocycles. The number of carbonyl (C=O) groups excluding carboxylic acids is 2. The van der Waals surface area contributed by atoms with E-state index in [0.29, 0.717) is 24.1 Å². The van der Waals surface area contributed by atoms with Crippen molar-refractivity contribution < 1.29 is 14.3 Å². The number of ether oxygens (including phenoxy) is 1. The Morgan fingerprint density at radius 3 is 2.50 bits per heavy atom. The van der Waals surface area contributed by atoms with E-state index in [9.17, 15) is 9.59 Å². The highest BCUT2D eigenvalue weighted by atomic mass is 16.5. The van der Waals surface area contributed by atoms with Crippen LogP contribution in [0.4, 0.5) is 5.69 Å². The van der Waals surface area contributed by atoms with Crippen LogP contribution in [0.3, 0.4) is 0 Å². The van der Waals surface area contributed by atoms with Crippen LogP contribution in [0.1, 0.15) is 27.9 Å². The van der Waals surface area contributed by atoms with Gasteiger partial charge >= 0.3 is 5.97 Å². The van der Waals surface area contributed by atoms with E-state index in [-0.39, 0.29) is 5.91 Å². The first-order chi connectivity index (χ1) is 10.6. The van der Waals surface area contributed by atoms with Crippen LogP contribution in [0.5, 0.6) is 0 Å². The van der Waals surface area contributed by atoms with Crippen molar-refractivity contribution in [2.45, 2.75) is 19.8 Å². The first kappa shape index (κ1) is 15.8. The van der Waals surface area contributed by atoms with E-state index in [1.807, 2.05) is 37.3 Å². The minimum absolute atomic E-state index is 0.0750. The fourth-order valence-electron chi connectivity index (χ4n) is 2.12. The highest BCUT2D eigenvalue weighted by Gasteiger charge is 2.10. The van der Waals surface area contributed by atoms with Gasteiger partial charge in [0.1, 0.15) is 0 Å². The number of aryl methyl sites for hydroxylation is 2. The van der Waals surface area contributed by atoms with Gasteiger partial charge in [-0.05, 0) is 36.6 Å². The van der Waals surface area contributed by atoms with Crippen LogP contribution in [0.15, 0.2) is 48.5 Å². The second-order valence-corrected chi connectivity index (χ2v) is 5.06. The van der Waals surface area contributed by atoms with Crippen LogP contribution >= 0.6 is 0 Å². The number of benzene rings is 2. The van der Waals surface area contributed by atoms with Gasteiger partial charge in [0.25, 0.3) is 0 Å². The molecule has 0 fully saturated rings. The van der Waals surface area contributed by atoms with E-state index in [2.05, 4.69) is 10.1 Å². The lowest BCUT2D eigenvalue weighted by Gasteiger charge is -2.10. The number of esters is 1. The van der Waals surface area contributed by atoms with Gasteiger partial charge in [0.05, 0.1) is 12.7 Å². The van der Waals surface area contributed by atoms with Crippen molar-refractivity contribution in [3.05, 3.63) is 65.2 Å². The lowest BCUT2D eigenvalue weighted by atomic mass is 10.1. The van der Waals surface area contributed by atoms with Gasteiger partial charge in [0.15, 0.2) is 0 Å². The van der Waals surface area contributed by atoms with Crippen molar-refractivity contribution in [1.82, 2.24) is 0 Å². The molecule has 0 aromatic heterocycles. The first-order valence-corrected chi connectivity index (χ1v) is 7.13. The molecule has 0 atom stereocenters. The summed E-state index contributed by atoms with van der Waals surface area (Å²) < 4.78 is 4.69. The summed E-state index contributed by atoms with van der Waals surface area (Å²) in [7, 11) is 1.33. The molecule has 2 rings (SSSR count). The number of hydrogen-bond acceptors (Lipinski definition) is 3. The number of carbonyl (C=O) groups is 2. The summed E-state index contributed by atoms with van der Waals surface area (Å²) in [6.07, 6.45) is 1.08. The van der Waals surface area contributed by atoms with Gasteiger partial charge < -0.3 is 10.1 Å². The number of amides is 1. The fourth-order valence-corrected chi connectivity index (χ4v) is 2.12. The Morgan fingerprint density at radius 2 is 1.82 bits per heavy atom. The molecule has 0 saturated heterocycles. The molecule has 114 valence electrons. The quantitative estimate of drug-likeness (QED) is 0.861. The molecule has 22 heavy (non-hydrogen) atoms. The van der Waals surface area contributed by atoms with E-state index in [0.717, 1.165) is 11.1 Å². The molecule has 2 aromatic rings. The van der Waals surface area contributed by atoms with Crippen molar-refractivity contribution >= 4 is 17.6 Å². The van der Waals surface area contributed by atoms with Gasteiger partial charge in [-0.1, -0.05) is 36.4 Å². The van der Waals surface area contributed by atoms with E-state index in [4.69, 9.17) is 0 Å². The summed E-state index contributed by atoms with van der Waals surface area (Å²) in [5, 5.41) is 2.85. The maximum atomic E-state index is 12.1. The molecule has 4 heteroatoms. The van der Waals surface area contributed by atoms with Crippen molar-refractivity contribution in [2.24, 2.45) is 0 Å². The third kappa shape index (κ3) is 4.19. The topological polar surface area (TPSA) is 55.4 Å². The number of anilines is 1. The number of nitrogens with one attached hydrogen (secondary N) is 1. The van der Waals surface area contributed by atoms with E-state index >= 15 is 0 Å². The molecule has 0 heterocycles. The van der Waals surface area contributed by atoms with E-state index < -0.39 is 5.97 Å². The van der Waals surface area contributed by atoms with Crippen LogP contribution in [-0.4, -0.2) is 19.0 Å². The Hall–Kier alpha value is -2.62. The Morgan fingerprint density at radius 1 is 1.09 bits per heavy atom. The molecule has 4 nitrogen and oxygen atoms in total. The smallest absolute Gasteiger partial charge is 0.337 e. The molecule has 0 aliphatic rings. The molecule has 0 radical (unpaired) electrons. The van der Waals surface area contributed by atoms with Crippen LogP contribution in [0.25, 0.3) is 0 Å². The van der Waals surface area contributed by atoms with Crippen LogP contribution in [-0.2, 0) is 16.0 Å². The number of rotatable bonds is 5. The summed E-state index contributed by atoms with van der Waals surface area (Å²) in [4.78, 5) is 23.6. The lowest BCUT2D eigenvalue weighted by Crippen LogP contribution is -2.14. The lowest BCUT2D eigenvalue weighted by molar-refractivity contribution is -0.116. The third-order valence-electron chi connectivity index (χ3n) is 3.42. The van der Waals surface area contributed by atoms with Gasteiger partial charge in [0.2, 0.25) is 5.91 Å². The predicted molar refractivity (Wildman–Crippen MR) is 85.9 cm³/mol. The predicted octanol–water partition coefficient (Wildman–Crippen LogP) is 3.35. The maximum absolute atomic E-state index is 12.1. The molecule has 1 N–H and O–H groups in total. The van der Waals surface area contributed by atoms with Gasteiger partial charge in [-0.15, -0.1) is 0 Å². The molecule has 0 aliphatic heterocycles. The molecule has 1 amide bonds. The zero-order chi connectivity index (χ0) is 15.9. The first-order valence-electron chi connectivity index (χ1n) is 7.13. The summed E-state index contributed by atoms with van der Waals surface area (Å²) in [6, 6.07) is 15.0. The molecule has 0 unspecified atom stereocenters. The van der Waals surface area contributed by atoms with Crippen molar-refractivity contribution in [3.8, 4) is 0 Å². The van der Waals surface area contributed by atoms with Crippen molar-refractivity contribution in [3.63, 3.8) is 0 Å². The maximum Gasteiger partial charge on any atom is 0.337 e. The average molecular weight is 297 g/mol. The minimum Gasteiger partial charge on any atom is -0.465 e. The number of methoxy groups -OCH3 is 1. The second kappa shape index (κ2) is 7.41. The van der Waals surface area contributed by atoms with Crippen molar-refractivity contribution in [2.75, 3.05) is 12.4 Å². The molecule has 2 aromatic carbocycles. The number of hydrogen-bond donors (Lipinski definition) is 1. The van der Waals surface area contributed by atoms with E-state index in [1.54, 1.807) is 18.2 Å². The average Bonchev–Trinajstić information content (AvgIpc) is 2.55. The summed E-state index contributed by atoms with van der Waals surface area (Å²) in [5.41, 5.74) is 3.09. The Labute approximate surface area is 130 Å². The van der Waals surface area contributed by atoms with Gasteiger partial charge in [-0.2, -0.15) is 0 Å². The second-order valence-electron chi connectivity index (χ2n) is 5.06. The third-order valence-corrected chi connectivity index (χ3v) is 3.42. The van der Waals surface area contributed by atoms with Crippen LogP contribution < -0.4 is 5.32 Å². The van der Waals surface area contributed by atoms with Gasteiger partial charge in [-0.25, -0.2) is 4.79 Å². The Kier molecular flexibility index (Phi) is 5.31. The monoisotopic (exact) mass is 297 g/mol. The normalized spacial score (nSPS) is 10.1. The van der Waals surface area contributed by atoms with Crippen LogP contribution in [0.2, 0.25) is 0 Å². The van der Waals surface area contributed by atoms with Crippen LogP contribution in [0, 0.1) is 6.92 Å². The highest BCUT2D eigenvalue weighted by molar-refractivity contribution is 5.95. The SMILES string of the molecule is COC(=O)c1ccc(C)c(NC(=O)CCc2ccccc2)c1. The fraction of sp³-hybridized carbons (Fsp3) is 0.222. The summed E-state index contributed by atoms with van der Waals surface area (Å²) >= 11 is 0. The van der Waals surface area contributed by atoms with Crippen molar-refractivity contribution in [1.29, 1.82) is 0 Å². The van der Waals surface area contributed by atoms with Gasteiger partial charge in [-0.3, -0.25) is 4.79 Å². The molecular formula is C18H19NO3. The Bertz CT molecular complexity index is 665. The standard InChI is InChI=1S/C18H19NO3/c1-13-8-10-15(18(21)22-2)12-16(13)19-17(20)11-9-14-6-4-3-5-7-14/h3-8,10,12H,9,11H2,1-2H3,(H,19,20). The summed E-state index contributed by atoms with van der Waals surface area (Å²) in [6.45, 7) is 1.88. The molecule has 0 saturated carbocycles. The molecular weight excluding hydrogens is 278 g/mol. The zero-order valence-electron chi connectivity index (χ0n) is 12.8. The summed E-state index contributed by atoms with van der Waals surface area (Å²) in [5.74, 6) is -0.492. The minimum atomic E-state index is -0.417. The Balaban J connectivity index is 2.00.